The van der Waals surface area contributed by atoms with Crippen LogP contribution in [0.3, 0.4) is 0 Å². The summed E-state index contributed by atoms with van der Waals surface area (Å²) in [6.07, 6.45) is 2.92. The second-order valence-corrected chi connectivity index (χ2v) is 4.82. The highest BCUT2D eigenvalue weighted by Gasteiger charge is 2.24. The molecule has 1 atom stereocenters. The van der Waals surface area contributed by atoms with E-state index < -0.39 is 0 Å². The van der Waals surface area contributed by atoms with Crippen molar-refractivity contribution in [1.29, 1.82) is 0 Å². The van der Waals surface area contributed by atoms with Gasteiger partial charge in [0.15, 0.2) is 0 Å². The average Bonchev–Trinajstić information content (AvgIpc) is 2.50. The van der Waals surface area contributed by atoms with E-state index in [1.54, 1.807) is 0 Å². The van der Waals surface area contributed by atoms with Gasteiger partial charge in [0.05, 0.1) is 6.10 Å². The Hall–Kier alpha value is -1.86. The molecular weight excluding hydrogens is 244 g/mol. The molecule has 0 unspecified atom stereocenters. The van der Waals surface area contributed by atoms with E-state index in [1.165, 1.54) is 11.1 Å². The minimum Gasteiger partial charge on any atom is -0.377 e. The van der Waals surface area contributed by atoms with Gasteiger partial charge in [-0.05, 0) is 24.5 Å². The fourth-order valence-electron chi connectivity index (χ4n) is 2.62. The molecule has 0 heterocycles. The first-order valence-electron chi connectivity index (χ1n) is 7.19. The number of benzene rings is 2. The van der Waals surface area contributed by atoms with E-state index in [0.717, 1.165) is 6.42 Å². The van der Waals surface area contributed by atoms with Crippen molar-refractivity contribution >= 4 is 0 Å². The van der Waals surface area contributed by atoms with Crippen LogP contribution in [-0.4, -0.2) is 12.7 Å². The Morgan fingerprint density at radius 3 is 1.85 bits per heavy atom. The zero-order chi connectivity index (χ0) is 14.2. The highest BCUT2D eigenvalue weighted by atomic mass is 16.5. The molecule has 1 nitrogen and oxygen atoms in total. The molecular formula is C19H22O. The molecule has 20 heavy (non-hydrogen) atoms. The van der Waals surface area contributed by atoms with Crippen LogP contribution in [-0.2, 0) is 4.74 Å². The van der Waals surface area contributed by atoms with Crippen LogP contribution in [0.5, 0.6) is 0 Å². The zero-order valence-corrected chi connectivity index (χ0v) is 12.0. The summed E-state index contributed by atoms with van der Waals surface area (Å²) in [4.78, 5) is 0. The highest BCUT2D eigenvalue weighted by molar-refractivity contribution is 5.34. The van der Waals surface area contributed by atoms with Crippen LogP contribution in [0.25, 0.3) is 0 Å². The van der Waals surface area contributed by atoms with Gasteiger partial charge in [0.2, 0.25) is 0 Å². The van der Waals surface area contributed by atoms with Crippen molar-refractivity contribution < 1.29 is 4.74 Å². The van der Waals surface area contributed by atoms with Crippen molar-refractivity contribution in [3.05, 3.63) is 84.4 Å². The summed E-state index contributed by atoms with van der Waals surface area (Å²) in [5.41, 5.74) is 2.58. The van der Waals surface area contributed by atoms with Crippen molar-refractivity contribution in [2.45, 2.75) is 25.4 Å². The van der Waals surface area contributed by atoms with Crippen molar-refractivity contribution in [3.8, 4) is 0 Å². The Labute approximate surface area is 121 Å². The van der Waals surface area contributed by atoms with E-state index in [2.05, 4.69) is 67.2 Å². The summed E-state index contributed by atoms with van der Waals surface area (Å²) in [5, 5.41) is 0. The van der Waals surface area contributed by atoms with Gasteiger partial charge in [-0.25, -0.2) is 0 Å². The Morgan fingerprint density at radius 1 is 0.950 bits per heavy atom. The maximum absolute atomic E-state index is 5.98. The Balaban J connectivity index is 2.40. The SMILES string of the molecule is C=CC[C@H](OCC)C(c1ccccc1)c1ccccc1. The standard InChI is InChI=1S/C19H22O/c1-3-11-18(20-4-2)19(16-12-7-5-8-13-16)17-14-9-6-10-15-17/h3,5-10,12-15,18-19H,1,4,11H2,2H3/t18-/m0/s1. The summed E-state index contributed by atoms with van der Waals surface area (Å²) in [5.74, 6) is 0.246. The lowest BCUT2D eigenvalue weighted by Crippen LogP contribution is -2.23. The van der Waals surface area contributed by atoms with Crippen LogP contribution < -0.4 is 0 Å². The van der Waals surface area contributed by atoms with Gasteiger partial charge in [0.1, 0.15) is 0 Å². The lowest BCUT2D eigenvalue weighted by Gasteiger charge is -2.27. The number of hydrogen-bond acceptors (Lipinski definition) is 1. The Bertz CT molecular complexity index is 464. The Kier molecular flexibility index (Phi) is 5.57. The normalized spacial score (nSPS) is 12.3. The summed E-state index contributed by atoms with van der Waals surface area (Å²) in [6, 6.07) is 21.1. The molecule has 2 rings (SSSR count). The summed E-state index contributed by atoms with van der Waals surface area (Å²) < 4.78 is 5.98. The van der Waals surface area contributed by atoms with Gasteiger partial charge in [0, 0.05) is 12.5 Å². The molecule has 0 saturated heterocycles. The molecule has 1 heteroatoms. The molecule has 0 aromatic heterocycles. The third-order valence-electron chi connectivity index (χ3n) is 3.47. The van der Waals surface area contributed by atoms with Gasteiger partial charge < -0.3 is 4.74 Å². The molecule has 2 aromatic carbocycles. The molecule has 0 bridgehead atoms. The minimum absolute atomic E-state index is 0.127. The first-order chi connectivity index (χ1) is 9.86. The topological polar surface area (TPSA) is 9.23 Å². The first-order valence-corrected chi connectivity index (χ1v) is 7.19. The molecule has 0 N–H and O–H groups in total. The predicted octanol–water partition coefficient (Wildman–Crippen LogP) is 4.80. The van der Waals surface area contributed by atoms with Gasteiger partial charge in [-0.1, -0.05) is 66.7 Å². The van der Waals surface area contributed by atoms with E-state index in [1.807, 2.05) is 13.0 Å². The average molecular weight is 266 g/mol. The molecule has 104 valence electrons. The number of rotatable bonds is 7. The largest absolute Gasteiger partial charge is 0.377 e. The molecule has 0 aliphatic heterocycles. The maximum Gasteiger partial charge on any atom is 0.0718 e. The molecule has 0 amide bonds. The summed E-state index contributed by atoms with van der Waals surface area (Å²) >= 11 is 0. The van der Waals surface area contributed by atoms with E-state index in [-0.39, 0.29) is 12.0 Å². The lowest BCUT2D eigenvalue weighted by atomic mass is 9.85. The quantitative estimate of drug-likeness (QED) is 0.654. The fraction of sp³-hybridized carbons (Fsp3) is 0.263. The van der Waals surface area contributed by atoms with Crippen LogP contribution in [0.1, 0.15) is 30.4 Å². The monoisotopic (exact) mass is 266 g/mol. The molecule has 0 radical (unpaired) electrons. The van der Waals surface area contributed by atoms with Crippen LogP contribution in [0, 0.1) is 0 Å². The molecule has 0 aliphatic carbocycles. The molecule has 0 saturated carbocycles. The Morgan fingerprint density at radius 2 is 1.45 bits per heavy atom. The second kappa shape index (κ2) is 7.66. The third-order valence-corrected chi connectivity index (χ3v) is 3.47. The summed E-state index contributed by atoms with van der Waals surface area (Å²) in [7, 11) is 0. The minimum atomic E-state index is 0.127. The van der Waals surface area contributed by atoms with E-state index in [0.29, 0.717) is 6.61 Å². The fourth-order valence-corrected chi connectivity index (χ4v) is 2.62. The van der Waals surface area contributed by atoms with Crippen LogP contribution in [0.4, 0.5) is 0 Å². The first kappa shape index (κ1) is 14.5. The van der Waals surface area contributed by atoms with Gasteiger partial charge in [-0.15, -0.1) is 6.58 Å². The number of hydrogen-bond donors (Lipinski definition) is 0. The van der Waals surface area contributed by atoms with Gasteiger partial charge >= 0.3 is 0 Å². The molecule has 2 aromatic rings. The van der Waals surface area contributed by atoms with Crippen molar-refractivity contribution in [2.24, 2.45) is 0 Å². The van der Waals surface area contributed by atoms with Crippen molar-refractivity contribution in [2.75, 3.05) is 6.61 Å². The predicted molar refractivity (Wildman–Crippen MR) is 85.0 cm³/mol. The molecule has 0 aliphatic rings. The smallest absolute Gasteiger partial charge is 0.0718 e. The summed E-state index contributed by atoms with van der Waals surface area (Å²) in [6.45, 7) is 6.63. The van der Waals surface area contributed by atoms with Gasteiger partial charge in [-0.3, -0.25) is 0 Å². The molecule has 0 fully saturated rings. The van der Waals surface area contributed by atoms with E-state index in [4.69, 9.17) is 4.74 Å². The second-order valence-electron chi connectivity index (χ2n) is 4.82. The third kappa shape index (κ3) is 3.58. The van der Waals surface area contributed by atoms with E-state index >= 15 is 0 Å². The van der Waals surface area contributed by atoms with Gasteiger partial charge in [0.25, 0.3) is 0 Å². The van der Waals surface area contributed by atoms with Crippen LogP contribution >= 0.6 is 0 Å². The van der Waals surface area contributed by atoms with E-state index in [9.17, 15) is 0 Å². The molecule has 0 spiro atoms. The highest BCUT2D eigenvalue weighted by Crippen LogP contribution is 2.31. The van der Waals surface area contributed by atoms with Gasteiger partial charge in [-0.2, -0.15) is 0 Å². The lowest BCUT2D eigenvalue weighted by molar-refractivity contribution is 0.0536. The van der Waals surface area contributed by atoms with Crippen molar-refractivity contribution in [1.82, 2.24) is 0 Å². The van der Waals surface area contributed by atoms with Crippen molar-refractivity contribution in [3.63, 3.8) is 0 Å². The maximum atomic E-state index is 5.98. The van der Waals surface area contributed by atoms with Crippen LogP contribution in [0.2, 0.25) is 0 Å². The zero-order valence-electron chi connectivity index (χ0n) is 12.0. The van der Waals surface area contributed by atoms with Crippen LogP contribution in [0.15, 0.2) is 73.3 Å². The number of ether oxygens (including phenoxy) is 1.